The molecule has 0 saturated heterocycles. The highest BCUT2D eigenvalue weighted by Gasteiger charge is 2.15. The van der Waals surface area contributed by atoms with Crippen molar-refractivity contribution in [1.82, 2.24) is 0 Å². The van der Waals surface area contributed by atoms with Crippen LogP contribution in [0, 0.1) is 5.82 Å². The number of esters is 1. The van der Waals surface area contributed by atoms with Crippen LogP contribution in [0.1, 0.15) is 10.4 Å². The van der Waals surface area contributed by atoms with Gasteiger partial charge in [0, 0.05) is 5.69 Å². The van der Waals surface area contributed by atoms with E-state index in [2.05, 4.69) is 5.32 Å². The number of hydrogen-bond acceptors (Lipinski definition) is 5. The van der Waals surface area contributed by atoms with Crippen LogP contribution in [0.2, 0.25) is 5.02 Å². The number of benzene rings is 2. The summed E-state index contributed by atoms with van der Waals surface area (Å²) in [7, 11) is -3.91. The third-order valence-electron chi connectivity index (χ3n) is 2.93. The van der Waals surface area contributed by atoms with Crippen LogP contribution in [0.3, 0.4) is 0 Å². The lowest BCUT2D eigenvalue weighted by atomic mass is 10.2. The van der Waals surface area contributed by atoms with Crippen molar-refractivity contribution in [1.29, 1.82) is 0 Å². The van der Waals surface area contributed by atoms with Gasteiger partial charge in [0.1, 0.15) is 5.82 Å². The molecule has 132 valence electrons. The summed E-state index contributed by atoms with van der Waals surface area (Å²) >= 11 is 5.72. The Morgan fingerprint density at radius 1 is 1.20 bits per heavy atom. The summed E-state index contributed by atoms with van der Waals surface area (Å²) in [5, 5.41) is 7.20. The lowest BCUT2D eigenvalue weighted by Crippen LogP contribution is -2.21. The molecule has 0 aromatic heterocycles. The van der Waals surface area contributed by atoms with E-state index in [4.69, 9.17) is 21.5 Å². The van der Waals surface area contributed by atoms with Crippen molar-refractivity contribution in [3.63, 3.8) is 0 Å². The summed E-state index contributed by atoms with van der Waals surface area (Å²) in [5.41, 5.74) is 0.0690. The molecule has 0 atom stereocenters. The highest BCUT2D eigenvalue weighted by Crippen LogP contribution is 2.18. The number of ether oxygens (including phenoxy) is 1. The first kappa shape index (κ1) is 18.8. The van der Waals surface area contributed by atoms with E-state index in [1.807, 2.05) is 0 Å². The first-order valence-electron chi connectivity index (χ1n) is 6.72. The molecule has 25 heavy (non-hydrogen) atoms. The Hall–Kier alpha value is -2.49. The summed E-state index contributed by atoms with van der Waals surface area (Å²) in [6, 6.07) is 8.35. The maximum atomic E-state index is 12.9. The molecule has 0 bridgehead atoms. The third-order valence-corrected chi connectivity index (χ3v) is 4.16. The molecule has 1 amide bonds. The van der Waals surface area contributed by atoms with Crippen LogP contribution < -0.4 is 10.5 Å². The predicted molar refractivity (Wildman–Crippen MR) is 88.1 cm³/mol. The van der Waals surface area contributed by atoms with E-state index in [1.165, 1.54) is 18.2 Å². The Balaban J connectivity index is 1.98. The van der Waals surface area contributed by atoms with Crippen LogP contribution in [0.25, 0.3) is 0 Å². The van der Waals surface area contributed by atoms with Gasteiger partial charge in [-0.15, -0.1) is 0 Å². The van der Waals surface area contributed by atoms with Gasteiger partial charge in [0.25, 0.3) is 5.91 Å². The lowest BCUT2D eigenvalue weighted by molar-refractivity contribution is -0.119. The zero-order chi connectivity index (χ0) is 18.6. The molecule has 0 aliphatic carbocycles. The molecule has 0 aliphatic heterocycles. The van der Waals surface area contributed by atoms with Gasteiger partial charge in [0.2, 0.25) is 10.0 Å². The molecule has 2 rings (SSSR count). The van der Waals surface area contributed by atoms with Crippen molar-refractivity contribution >= 4 is 39.2 Å². The normalized spacial score (nSPS) is 11.0. The average Bonchev–Trinajstić information content (AvgIpc) is 2.52. The molecular formula is C15H12ClFN2O5S. The molecule has 0 fully saturated rings. The minimum absolute atomic E-state index is 0.0907. The van der Waals surface area contributed by atoms with Gasteiger partial charge in [-0.25, -0.2) is 22.7 Å². The molecular weight excluding hydrogens is 375 g/mol. The number of halogens is 2. The first-order valence-corrected chi connectivity index (χ1v) is 8.64. The smallest absolute Gasteiger partial charge is 0.340 e. The molecule has 0 spiro atoms. The van der Waals surface area contributed by atoms with Crippen molar-refractivity contribution in [3.8, 4) is 0 Å². The van der Waals surface area contributed by atoms with E-state index in [9.17, 15) is 22.4 Å². The van der Waals surface area contributed by atoms with Gasteiger partial charge in [-0.2, -0.15) is 0 Å². The molecule has 0 unspecified atom stereocenters. The second-order valence-electron chi connectivity index (χ2n) is 4.82. The van der Waals surface area contributed by atoms with E-state index in [1.54, 1.807) is 0 Å². The molecule has 0 radical (unpaired) electrons. The Kier molecular flexibility index (Phi) is 5.73. The molecule has 3 N–H and O–H groups in total. The number of sulfonamides is 1. The van der Waals surface area contributed by atoms with Crippen molar-refractivity contribution in [3.05, 3.63) is 58.9 Å². The minimum Gasteiger partial charge on any atom is -0.452 e. The second-order valence-corrected chi connectivity index (χ2v) is 6.79. The predicted octanol–water partition coefficient (Wildman–Crippen LogP) is 1.92. The topological polar surface area (TPSA) is 116 Å². The SMILES string of the molecule is NS(=O)(=O)c1cccc(NC(=O)COC(=O)c2ccc(F)cc2Cl)c1. The number of primary sulfonamides is 1. The summed E-state index contributed by atoms with van der Waals surface area (Å²) < 4.78 is 40.2. The van der Waals surface area contributed by atoms with Crippen LogP contribution >= 0.6 is 11.6 Å². The van der Waals surface area contributed by atoms with E-state index in [-0.39, 0.29) is 21.2 Å². The van der Waals surface area contributed by atoms with E-state index >= 15 is 0 Å². The fourth-order valence-electron chi connectivity index (χ4n) is 1.81. The summed E-state index contributed by atoms with van der Waals surface area (Å²) in [6.07, 6.45) is 0. The Labute approximate surface area is 147 Å². The summed E-state index contributed by atoms with van der Waals surface area (Å²) in [6.45, 7) is -0.647. The summed E-state index contributed by atoms with van der Waals surface area (Å²) in [5.74, 6) is -2.23. The number of amides is 1. The number of hydrogen-bond donors (Lipinski definition) is 2. The van der Waals surface area contributed by atoms with Crippen LogP contribution in [-0.2, 0) is 19.6 Å². The van der Waals surface area contributed by atoms with Crippen molar-refractivity contribution < 1.29 is 27.1 Å². The molecule has 10 heteroatoms. The third kappa shape index (κ3) is 5.24. The Bertz CT molecular complexity index is 933. The number of nitrogens with one attached hydrogen (secondary N) is 1. The molecule has 2 aromatic carbocycles. The molecule has 0 saturated carbocycles. The van der Waals surface area contributed by atoms with Crippen LogP contribution in [0.5, 0.6) is 0 Å². The number of rotatable bonds is 5. The number of anilines is 1. The number of carbonyl (C=O) groups is 2. The maximum Gasteiger partial charge on any atom is 0.340 e. The van der Waals surface area contributed by atoms with Gasteiger partial charge in [-0.3, -0.25) is 4.79 Å². The fourth-order valence-corrected chi connectivity index (χ4v) is 2.62. The average molecular weight is 387 g/mol. The van der Waals surface area contributed by atoms with Gasteiger partial charge in [-0.05, 0) is 36.4 Å². The van der Waals surface area contributed by atoms with Crippen molar-refractivity contribution in [2.24, 2.45) is 5.14 Å². The van der Waals surface area contributed by atoms with E-state index in [0.717, 1.165) is 24.3 Å². The largest absolute Gasteiger partial charge is 0.452 e. The zero-order valence-corrected chi connectivity index (χ0v) is 14.1. The molecule has 2 aromatic rings. The van der Waals surface area contributed by atoms with Gasteiger partial charge in [-0.1, -0.05) is 17.7 Å². The highest BCUT2D eigenvalue weighted by molar-refractivity contribution is 7.89. The zero-order valence-electron chi connectivity index (χ0n) is 12.5. The Morgan fingerprint density at radius 2 is 1.92 bits per heavy atom. The van der Waals surface area contributed by atoms with Gasteiger partial charge < -0.3 is 10.1 Å². The van der Waals surface area contributed by atoms with Gasteiger partial charge in [0.05, 0.1) is 15.5 Å². The van der Waals surface area contributed by atoms with Crippen LogP contribution in [0.4, 0.5) is 10.1 Å². The summed E-state index contributed by atoms with van der Waals surface area (Å²) in [4.78, 5) is 23.4. The van der Waals surface area contributed by atoms with Crippen molar-refractivity contribution in [2.45, 2.75) is 4.90 Å². The number of nitrogens with two attached hydrogens (primary N) is 1. The maximum absolute atomic E-state index is 12.9. The van der Waals surface area contributed by atoms with E-state index < -0.39 is 34.3 Å². The number of carbonyl (C=O) groups excluding carboxylic acids is 2. The lowest BCUT2D eigenvalue weighted by Gasteiger charge is -2.08. The van der Waals surface area contributed by atoms with Gasteiger partial charge in [0.15, 0.2) is 6.61 Å². The van der Waals surface area contributed by atoms with Gasteiger partial charge >= 0.3 is 5.97 Å². The van der Waals surface area contributed by atoms with E-state index in [0.29, 0.717) is 0 Å². The monoisotopic (exact) mass is 386 g/mol. The fraction of sp³-hybridized carbons (Fsp3) is 0.0667. The quantitative estimate of drug-likeness (QED) is 0.761. The molecule has 7 nitrogen and oxygen atoms in total. The van der Waals surface area contributed by atoms with Crippen LogP contribution in [0.15, 0.2) is 47.4 Å². The highest BCUT2D eigenvalue weighted by atomic mass is 35.5. The second kappa shape index (κ2) is 7.60. The van der Waals surface area contributed by atoms with Crippen LogP contribution in [-0.4, -0.2) is 26.9 Å². The first-order chi connectivity index (χ1) is 11.7. The molecule has 0 heterocycles. The van der Waals surface area contributed by atoms with Crippen molar-refractivity contribution in [2.75, 3.05) is 11.9 Å². The Morgan fingerprint density at radius 3 is 2.56 bits per heavy atom. The minimum atomic E-state index is -3.91. The molecule has 0 aliphatic rings. The standard InChI is InChI=1S/C15H12ClFN2O5S/c16-13-6-9(17)4-5-12(13)15(21)24-8-14(20)19-10-2-1-3-11(7-10)25(18,22)23/h1-7H,8H2,(H,19,20)(H2,18,22,23).